The molecule has 1 aliphatic heterocycles. The molecule has 8 heteroatoms. The van der Waals surface area contributed by atoms with Crippen LogP contribution in [0.1, 0.15) is 46.5 Å². The molecule has 0 aromatic carbocycles. The summed E-state index contributed by atoms with van der Waals surface area (Å²) < 4.78 is 1.83. The van der Waals surface area contributed by atoms with Crippen molar-refractivity contribution in [3.63, 3.8) is 0 Å². The number of anilines is 2. The maximum atomic E-state index is 12.9. The molecule has 4 heterocycles. The Bertz CT molecular complexity index is 1160. The summed E-state index contributed by atoms with van der Waals surface area (Å²) in [6.45, 7) is 8.51. The Morgan fingerprint density at radius 3 is 2.68 bits per heavy atom. The van der Waals surface area contributed by atoms with E-state index in [9.17, 15) is 4.79 Å². The van der Waals surface area contributed by atoms with Crippen LogP contribution in [-0.2, 0) is 11.8 Å². The fraction of sp³-hybridized carbons (Fsp3) is 0.348. The van der Waals surface area contributed by atoms with Gasteiger partial charge in [-0.2, -0.15) is 5.10 Å². The number of hydrogen-bond acceptors (Lipinski definition) is 6. The molecule has 0 aliphatic carbocycles. The van der Waals surface area contributed by atoms with Crippen LogP contribution in [0.5, 0.6) is 0 Å². The van der Waals surface area contributed by atoms with Gasteiger partial charge in [-0.3, -0.25) is 9.48 Å². The number of rotatable bonds is 5. The highest BCUT2D eigenvalue weighted by atomic mass is 16.2. The number of aromatic nitrogens is 5. The van der Waals surface area contributed by atoms with Gasteiger partial charge in [-0.1, -0.05) is 6.07 Å². The zero-order valence-electron chi connectivity index (χ0n) is 18.5. The minimum absolute atomic E-state index is 0.0229. The summed E-state index contributed by atoms with van der Waals surface area (Å²) in [5.41, 5.74) is 4.81. The van der Waals surface area contributed by atoms with Gasteiger partial charge in [-0.15, -0.1) is 0 Å². The predicted molar refractivity (Wildman–Crippen MR) is 120 cm³/mol. The minimum Gasteiger partial charge on any atom is -0.330 e. The molecule has 0 unspecified atom stereocenters. The number of pyridine rings is 1. The molecule has 1 atom stereocenters. The van der Waals surface area contributed by atoms with Crippen molar-refractivity contribution in [2.24, 2.45) is 7.05 Å². The minimum atomic E-state index is -0.0553. The zero-order valence-corrected chi connectivity index (χ0v) is 18.5. The standard InChI is InChI=1S/C23H27N7O/c1-14-7-6-11-24-23(14)27-21-13-19(25-17(4)26-21)20-10-12-30(20)22(31)9-8-18-15(2)28-29(5)16(18)3/h6-9,11,13,20H,10,12H2,1-5H3,(H,24,25,26,27)/b9-8+/t20-/m1/s1. The molecule has 1 amide bonds. The van der Waals surface area contributed by atoms with Crippen molar-refractivity contribution in [3.8, 4) is 0 Å². The second kappa shape index (κ2) is 8.29. The van der Waals surface area contributed by atoms with Gasteiger partial charge in [0.2, 0.25) is 5.91 Å². The number of carbonyl (C=O) groups is 1. The van der Waals surface area contributed by atoms with E-state index in [2.05, 4.69) is 25.4 Å². The van der Waals surface area contributed by atoms with Gasteiger partial charge in [0.05, 0.1) is 17.4 Å². The zero-order chi connectivity index (χ0) is 22.1. The van der Waals surface area contributed by atoms with Crippen molar-refractivity contribution in [1.82, 2.24) is 29.6 Å². The largest absolute Gasteiger partial charge is 0.330 e. The van der Waals surface area contributed by atoms with Crippen molar-refractivity contribution < 1.29 is 4.79 Å². The summed E-state index contributed by atoms with van der Waals surface area (Å²) in [6.07, 6.45) is 6.11. The first-order chi connectivity index (χ1) is 14.8. The number of amides is 1. The lowest BCUT2D eigenvalue weighted by atomic mass is 9.98. The Balaban J connectivity index is 1.52. The molecule has 160 valence electrons. The van der Waals surface area contributed by atoms with Crippen LogP contribution in [0.4, 0.5) is 11.6 Å². The third kappa shape index (κ3) is 4.19. The summed E-state index contributed by atoms with van der Waals surface area (Å²) >= 11 is 0. The lowest BCUT2D eigenvalue weighted by Gasteiger charge is -2.40. The van der Waals surface area contributed by atoms with E-state index in [1.54, 1.807) is 12.3 Å². The molecule has 8 nitrogen and oxygen atoms in total. The Kier molecular flexibility index (Phi) is 5.54. The fourth-order valence-electron chi connectivity index (χ4n) is 3.80. The summed E-state index contributed by atoms with van der Waals surface area (Å²) in [4.78, 5) is 28.2. The smallest absolute Gasteiger partial charge is 0.247 e. The normalized spacial score (nSPS) is 15.9. The van der Waals surface area contributed by atoms with E-state index in [-0.39, 0.29) is 11.9 Å². The van der Waals surface area contributed by atoms with Gasteiger partial charge in [0.25, 0.3) is 0 Å². The van der Waals surface area contributed by atoms with Crippen molar-refractivity contribution in [1.29, 1.82) is 0 Å². The molecule has 1 N–H and O–H groups in total. The molecule has 0 radical (unpaired) electrons. The van der Waals surface area contributed by atoms with Crippen LogP contribution >= 0.6 is 0 Å². The van der Waals surface area contributed by atoms with Crippen LogP contribution in [0.25, 0.3) is 6.08 Å². The van der Waals surface area contributed by atoms with Crippen LogP contribution in [0, 0.1) is 27.7 Å². The lowest BCUT2D eigenvalue weighted by Crippen LogP contribution is -2.44. The van der Waals surface area contributed by atoms with E-state index < -0.39 is 0 Å². The van der Waals surface area contributed by atoms with E-state index in [1.807, 2.05) is 68.6 Å². The van der Waals surface area contributed by atoms with E-state index in [0.717, 1.165) is 40.4 Å². The van der Waals surface area contributed by atoms with E-state index in [0.29, 0.717) is 18.2 Å². The maximum absolute atomic E-state index is 12.9. The first-order valence-corrected chi connectivity index (χ1v) is 10.4. The average Bonchev–Trinajstić information content (AvgIpc) is 2.92. The van der Waals surface area contributed by atoms with E-state index >= 15 is 0 Å². The molecule has 1 fully saturated rings. The van der Waals surface area contributed by atoms with E-state index in [1.165, 1.54) is 0 Å². The second-order valence-electron chi connectivity index (χ2n) is 7.90. The van der Waals surface area contributed by atoms with Gasteiger partial charge in [-0.05, 0) is 51.8 Å². The van der Waals surface area contributed by atoms with E-state index in [4.69, 9.17) is 0 Å². The van der Waals surface area contributed by atoms with Gasteiger partial charge in [-0.25, -0.2) is 15.0 Å². The molecule has 3 aromatic rings. The monoisotopic (exact) mass is 417 g/mol. The molecule has 0 saturated carbocycles. The highest BCUT2D eigenvalue weighted by molar-refractivity contribution is 5.92. The number of carbonyl (C=O) groups excluding carboxylic acids is 1. The Morgan fingerprint density at radius 2 is 2.03 bits per heavy atom. The van der Waals surface area contributed by atoms with Gasteiger partial charge >= 0.3 is 0 Å². The highest BCUT2D eigenvalue weighted by Crippen LogP contribution is 2.33. The van der Waals surface area contributed by atoms with Crippen molar-refractivity contribution >= 4 is 23.6 Å². The topological polar surface area (TPSA) is 88.8 Å². The lowest BCUT2D eigenvalue weighted by molar-refractivity contribution is -0.133. The van der Waals surface area contributed by atoms with Gasteiger partial charge in [0.1, 0.15) is 17.5 Å². The molecule has 31 heavy (non-hydrogen) atoms. The van der Waals surface area contributed by atoms with Crippen molar-refractivity contribution in [3.05, 3.63) is 64.5 Å². The number of hydrogen-bond donors (Lipinski definition) is 1. The predicted octanol–water partition coefficient (Wildman–Crippen LogP) is 3.57. The third-order valence-electron chi connectivity index (χ3n) is 5.72. The summed E-state index contributed by atoms with van der Waals surface area (Å²) in [7, 11) is 1.91. The number of likely N-dealkylation sites (tertiary alicyclic amines) is 1. The first-order valence-electron chi connectivity index (χ1n) is 10.4. The Labute approximate surface area is 182 Å². The maximum Gasteiger partial charge on any atom is 0.247 e. The average molecular weight is 418 g/mol. The van der Waals surface area contributed by atoms with Crippen LogP contribution in [-0.4, -0.2) is 42.1 Å². The second-order valence-corrected chi connectivity index (χ2v) is 7.90. The molecule has 1 saturated heterocycles. The first kappa shape index (κ1) is 20.7. The van der Waals surface area contributed by atoms with Crippen LogP contribution < -0.4 is 5.32 Å². The van der Waals surface area contributed by atoms with Crippen molar-refractivity contribution in [2.75, 3.05) is 11.9 Å². The SMILES string of the molecule is Cc1nc(Nc2ncccc2C)cc([C@H]2CCN2C(=O)/C=C/c2c(C)nn(C)c2C)n1. The van der Waals surface area contributed by atoms with Crippen molar-refractivity contribution in [2.45, 2.75) is 40.2 Å². The number of aryl methyl sites for hydroxylation is 4. The molecule has 0 bridgehead atoms. The van der Waals surface area contributed by atoms with Crippen LogP contribution in [0.15, 0.2) is 30.5 Å². The third-order valence-corrected chi connectivity index (χ3v) is 5.72. The summed E-state index contributed by atoms with van der Waals surface area (Å²) in [5, 5.41) is 7.67. The number of nitrogens with one attached hydrogen (secondary N) is 1. The molecular formula is C23H27N7O. The quantitative estimate of drug-likeness (QED) is 0.639. The fourth-order valence-corrected chi connectivity index (χ4v) is 3.80. The van der Waals surface area contributed by atoms with Gasteiger partial charge < -0.3 is 10.2 Å². The van der Waals surface area contributed by atoms with Gasteiger partial charge in [0.15, 0.2) is 0 Å². The molecule has 1 aliphatic rings. The summed E-state index contributed by atoms with van der Waals surface area (Å²) in [6, 6.07) is 5.75. The van der Waals surface area contributed by atoms with Crippen LogP contribution in [0.3, 0.4) is 0 Å². The number of nitrogens with zero attached hydrogens (tertiary/aromatic N) is 6. The highest BCUT2D eigenvalue weighted by Gasteiger charge is 2.33. The molecule has 3 aromatic heterocycles. The summed E-state index contributed by atoms with van der Waals surface area (Å²) in [5.74, 6) is 2.08. The molecular weight excluding hydrogens is 390 g/mol. The Hall–Kier alpha value is -3.55. The molecule has 4 rings (SSSR count). The van der Waals surface area contributed by atoms with Gasteiger partial charge in [0, 0.05) is 43.2 Å². The Morgan fingerprint density at radius 1 is 1.23 bits per heavy atom. The van der Waals surface area contributed by atoms with Crippen LogP contribution in [0.2, 0.25) is 0 Å². The molecule has 0 spiro atoms.